The number of rotatable bonds is 5. The molecule has 1 aliphatic rings. The van der Waals surface area contributed by atoms with E-state index in [1.807, 2.05) is 0 Å². The minimum atomic E-state index is -2.92. The summed E-state index contributed by atoms with van der Waals surface area (Å²) in [5.74, 6) is -0.150. The summed E-state index contributed by atoms with van der Waals surface area (Å²) in [6.45, 7) is -1.91. The molecule has 0 bridgehead atoms. The molecule has 1 aromatic carbocycles. The fourth-order valence-corrected chi connectivity index (χ4v) is 2.80. The fraction of sp³-hybridized carbons (Fsp3) is 0.444. The Morgan fingerprint density at radius 2 is 1.88 bits per heavy atom. The lowest BCUT2D eigenvalue weighted by Gasteiger charge is -2.31. The number of carbonyl (C=O) groups excluding carboxylic acids is 2. The van der Waals surface area contributed by atoms with Crippen LogP contribution in [0.4, 0.5) is 8.78 Å². The van der Waals surface area contributed by atoms with Crippen molar-refractivity contribution < 1.29 is 23.1 Å². The molecule has 1 heterocycles. The summed E-state index contributed by atoms with van der Waals surface area (Å²) in [5.41, 5.74) is 0.411. The Morgan fingerprint density at radius 3 is 2.48 bits per heavy atom. The summed E-state index contributed by atoms with van der Waals surface area (Å²) < 4.78 is 29.2. The molecule has 25 heavy (non-hydrogen) atoms. The Kier molecular flexibility index (Phi) is 6.50. The van der Waals surface area contributed by atoms with Gasteiger partial charge in [0.25, 0.3) is 0 Å². The topological polar surface area (TPSA) is 49.9 Å². The number of benzene rings is 1. The van der Waals surface area contributed by atoms with Gasteiger partial charge in [0, 0.05) is 44.7 Å². The number of amides is 2. The van der Waals surface area contributed by atoms with Gasteiger partial charge in [-0.2, -0.15) is 8.78 Å². The molecule has 7 heteroatoms. The first-order valence-corrected chi connectivity index (χ1v) is 8.10. The highest BCUT2D eigenvalue weighted by Crippen LogP contribution is 2.22. The van der Waals surface area contributed by atoms with Crippen LogP contribution in [0, 0.1) is 5.92 Å². The summed E-state index contributed by atoms with van der Waals surface area (Å²) in [4.78, 5) is 27.4. The second-order valence-electron chi connectivity index (χ2n) is 6.08. The van der Waals surface area contributed by atoms with E-state index in [0.29, 0.717) is 31.5 Å². The number of nitrogens with zero attached hydrogens (tertiary/aromatic N) is 2. The lowest BCUT2D eigenvalue weighted by molar-refractivity contribution is -0.137. The monoisotopic (exact) mass is 352 g/mol. The zero-order valence-corrected chi connectivity index (χ0v) is 14.3. The first-order chi connectivity index (χ1) is 11.9. The average Bonchev–Trinajstić information content (AvgIpc) is 2.59. The van der Waals surface area contributed by atoms with Crippen molar-refractivity contribution in [3.8, 4) is 5.75 Å². The van der Waals surface area contributed by atoms with Gasteiger partial charge in [-0.3, -0.25) is 9.59 Å². The van der Waals surface area contributed by atoms with Gasteiger partial charge in [0.15, 0.2) is 0 Å². The molecule has 2 amide bonds. The summed E-state index contributed by atoms with van der Waals surface area (Å²) in [6.07, 6.45) is 4.07. The number of ether oxygens (including phenoxy) is 1. The Morgan fingerprint density at radius 1 is 1.24 bits per heavy atom. The zero-order valence-electron chi connectivity index (χ0n) is 14.3. The molecule has 5 nitrogen and oxygen atoms in total. The number of alkyl halides is 2. The molecule has 0 radical (unpaired) electrons. The maximum absolute atomic E-state index is 12.4. The molecule has 1 fully saturated rings. The van der Waals surface area contributed by atoms with Crippen LogP contribution in [0.2, 0.25) is 0 Å². The van der Waals surface area contributed by atoms with Crippen LogP contribution in [0.5, 0.6) is 5.75 Å². The minimum absolute atomic E-state index is 0.0248. The van der Waals surface area contributed by atoms with Crippen molar-refractivity contribution in [2.24, 2.45) is 5.92 Å². The van der Waals surface area contributed by atoms with Crippen LogP contribution in [-0.2, 0) is 9.59 Å². The van der Waals surface area contributed by atoms with E-state index in [1.54, 1.807) is 42.1 Å². The molecular weight excluding hydrogens is 330 g/mol. The first kappa shape index (κ1) is 18.9. The molecule has 0 unspecified atom stereocenters. The predicted molar refractivity (Wildman–Crippen MR) is 90.1 cm³/mol. The molecule has 136 valence electrons. The average molecular weight is 352 g/mol. The predicted octanol–water partition coefficient (Wildman–Crippen LogP) is 2.63. The van der Waals surface area contributed by atoms with Crippen molar-refractivity contribution in [2.75, 3.05) is 27.2 Å². The Bertz CT molecular complexity index is 639. The third kappa shape index (κ3) is 5.27. The molecule has 1 aromatic rings. The maximum atomic E-state index is 12.4. The number of para-hydroxylation sites is 1. The molecule has 0 saturated carbocycles. The van der Waals surface area contributed by atoms with Crippen molar-refractivity contribution in [3.63, 3.8) is 0 Å². The van der Waals surface area contributed by atoms with Gasteiger partial charge in [-0.05, 0) is 25.0 Å². The van der Waals surface area contributed by atoms with Crippen LogP contribution in [0.1, 0.15) is 18.4 Å². The van der Waals surface area contributed by atoms with Gasteiger partial charge in [0.1, 0.15) is 5.75 Å². The van der Waals surface area contributed by atoms with Crippen molar-refractivity contribution in [1.29, 1.82) is 0 Å². The van der Waals surface area contributed by atoms with E-state index in [1.165, 1.54) is 18.2 Å². The zero-order chi connectivity index (χ0) is 18.4. The third-order valence-electron chi connectivity index (χ3n) is 4.14. The van der Waals surface area contributed by atoms with Crippen LogP contribution >= 0.6 is 0 Å². The van der Waals surface area contributed by atoms with E-state index in [9.17, 15) is 18.4 Å². The van der Waals surface area contributed by atoms with Crippen molar-refractivity contribution in [3.05, 3.63) is 35.9 Å². The fourth-order valence-electron chi connectivity index (χ4n) is 2.80. The number of likely N-dealkylation sites (tertiary alicyclic amines) is 1. The molecule has 1 aliphatic heterocycles. The van der Waals surface area contributed by atoms with Gasteiger partial charge >= 0.3 is 6.61 Å². The van der Waals surface area contributed by atoms with Gasteiger partial charge in [-0.15, -0.1) is 0 Å². The minimum Gasteiger partial charge on any atom is -0.434 e. The SMILES string of the molecule is CN(C)C(=O)C1CCN(C(=O)/C=C/c2ccccc2OC(F)F)CC1. The van der Waals surface area contributed by atoms with Crippen LogP contribution in [0.15, 0.2) is 30.3 Å². The van der Waals surface area contributed by atoms with E-state index in [4.69, 9.17) is 0 Å². The van der Waals surface area contributed by atoms with E-state index < -0.39 is 6.61 Å². The number of piperidine rings is 1. The van der Waals surface area contributed by atoms with Crippen molar-refractivity contribution >= 4 is 17.9 Å². The van der Waals surface area contributed by atoms with Crippen LogP contribution in [-0.4, -0.2) is 55.4 Å². The lowest BCUT2D eigenvalue weighted by Crippen LogP contribution is -2.42. The molecule has 0 aliphatic carbocycles. The lowest BCUT2D eigenvalue weighted by atomic mass is 9.95. The van der Waals surface area contributed by atoms with E-state index >= 15 is 0 Å². The van der Waals surface area contributed by atoms with Crippen LogP contribution in [0.3, 0.4) is 0 Å². The van der Waals surface area contributed by atoms with E-state index in [2.05, 4.69) is 4.74 Å². The van der Waals surface area contributed by atoms with Crippen molar-refractivity contribution in [1.82, 2.24) is 9.80 Å². The number of hydrogen-bond acceptors (Lipinski definition) is 3. The Balaban J connectivity index is 1.95. The van der Waals surface area contributed by atoms with Crippen LogP contribution < -0.4 is 4.74 Å². The standard InChI is InChI=1S/C18H22F2N2O3/c1-21(2)17(24)14-9-11-22(12-10-14)16(23)8-7-13-5-3-4-6-15(13)25-18(19)20/h3-8,14,18H,9-12H2,1-2H3/b8-7+. The highest BCUT2D eigenvalue weighted by atomic mass is 19.3. The van der Waals surface area contributed by atoms with Crippen LogP contribution in [0.25, 0.3) is 6.08 Å². The van der Waals surface area contributed by atoms with Crippen molar-refractivity contribution in [2.45, 2.75) is 19.5 Å². The molecule has 2 rings (SSSR count). The van der Waals surface area contributed by atoms with Gasteiger partial charge in [0.05, 0.1) is 0 Å². The van der Waals surface area contributed by atoms with E-state index in [0.717, 1.165) is 0 Å². The maximum Gasteiger partial charge on any atom is 0.387 e. The third-order valence-corrected chi connectivity index (χ3v) is 4.14. The molecule has 0 aromatic heterocycles. The second-order valence-corrected chi connectivity index (χ2v) is 6.08. The second kappa shape index (κ2) is 8.60. The number of hydrogen-bond donors (Lipinski definition) is 0. The number of halogens is 2. The first-order valence-electron chi connectivity index (χ1n) is 8.10. The highest BCUT2D eigenvalue weighted by Gasteiger charge is 2.27. The van der Waals surface area contributed by atoms with Gasteiger partial charge in [-0.1, -0.05) is 18.2 Å². The Hall–Kier alpha value is -2.44. The Labute approximate surface area is 145 Å². The normalized spacial score (nSPS) is 15.6. The smallest absolute Gasteiger partial charge is 0.387 e. The molecule has 0 atom stereocenters. The van der Waals surface area contributed by atoms with Gasteiger partial charge in [0.2, 0.25) is 11.8 Å². The van der Waals surface area contributed by atoms with Gasteiger partial charge in [-0.25, -0.2) is 0 Å². The molecule has 0 spiro atoms. The summed E-state index contributed by atoms with van der Waals surface area (Å²) >= 11 is 0. The van der Waals surface area contributed by atoms with Gasteiger partial charge < -0.3 is 14.5 Å². The van der Waals surface area contributed by atoms with E-state index in [-0.39, 0.29) is 23.5 Å². The number of carbonyl (C=O) groups is 2. The highest BCUT2D eigenvalue weighted by molar-refractivity contribution is 5.92. The summed E-state index contributed by atoms with van der Waals surface area (Å²) in [5, 5.41) is 0. The quantitative estimate of drug-likeness (QED) is 0.766. The summed E-state index contributed by atoms with van der Waals surface area (Å²) in [7, 11) is 3.45. The summed E-state index contributed by atoms with van der Waals surface area (Å²) in [6, 6.07) is 6.29. The molecular formula is C18H22F2N2O3. The molecule has 1 saturated heterocycles. The largest absolute Gasteiger partial charge is 0.434 e. The molecule has 0 N–H and O–H groups in total.